The number of nitrogens with one attached hydrogen (secondary N) is 1. The molecular weight excluding hydrogens is 383 g/mol. The van der Waals surface area contributed by atoms with Gasteiger partial charge in [0, 0.05) is 21.4 Å². The van der Waals surface area contributed by atoms with E-state index in [0.717, 1.165) is 30.7 Å². The molecule has 1 saturated carbocycles. The Morgan fingerprint density at radius 1 is 1.08 bits per heavy atom. The minimum atomic E-state index is -0.966. The van der Waals surface area contributed by atoms with Gasteiger partial charge in [-0.3, -0.25) is 4.79 Å². The first-order chi connectivity index (χ1) is 12.4. The van der Waals surface area contributed by atoms with Crippen LogP contribution in [-0.2, 0) is 0 Å². The molecule has 2 aromatic rings. The fourth-order valence-electron chi connectivity index (χ4n) is 2.86. The number of hydrogen-bond donors (Lipinski definition) is 1. The van der Waals surface area contributed by atoms with E-state index in [0.29, 0.717) is 18.5 Å². The predicted molar refractivity (Wildman–Crippen MR) is 98.8 cm³/mol. The number of benzene rings is 2. The average molecular weight is 400 g/mol. The first-order valence-corrected chi connectivity index (χ1v) is 9.56. The van der Waals surface area contributed by atoms with Crippen LogP contribution in [0.5, 0.6) is 0 Å². The summed E-state index contributed by atoms with van der Waals surface area (Å²) in [5.74, 6) is -1.54. The highest BCUT2D eigenvalue weighted by Gasteiger charge is 2.26. The molecule has 1 aliphatic carbocycles. The van der Waals surface area contributed by atoms with Gasteiger partial charge in [0.15, 0.2) is 0 Å². The summed E-state index contributed by atoms with van der Waals surface area (Å²) in [4.78, 5) is 12.6. The number of anilines is 1. The first kappa shape index (κ1) is 19.1. The Balaban J connectivity index is 1.75. The number of hydrogen-bond acceptors (Lipinski definition) is 2. The second kappa shape index (κ2) is 8.35. The first-order valence-electron chi connectivity index (χ1n) is 8.31. The van der Waals surface area contributed by atoms with Crippen LogP contribution >= 0.6 is 23.4 Å². The molecule has 0 aromatic heterocycles. The molecule has 1 amide bonds. The molecule has 1 aliphatic rings. The zero-order valence-electron chi connectivity index (χ0n) is 13.8. The van der Waals surface area contributed by atoms with Crippen molar-refractivity contribution in [3.63, 3.8) is 0 Å². The normalized spacial score (nSPS) is 20.0. The van der Waals surface area contributed by atoms with E-state index in [-0.39, 0.29) is 20.7 Å². The lowest BCUT2D eigenvalue weighted by Crippen LogP contribution is -2.23. The number of rotatable bonds is 4. The van der Waals surface area contributed by atoms with Crippen molar-refractivity contribution >= 4 is 35.0 Å². The SMILES string of the molecule is O=C(Nc1ccc(F)c(Cl)c1)c1ccc(F)c(SC2CCCCC2F)c1. The quantitative estimate of drug-likeness (QED) is 0.659. The van der Waals surface area contributed by atoms with E-state index in [9.17, 15) is 18.0 Å². The third-order valence-electron chi connectivity index (χ3n) is 4.27. The van der Waals surface area contributed by atoms with Gasteiger partial charge in [-0.05, 0) is 49.2 Å². The molecule has 2 aromatic carbocycles. The Morgan fingerprint density at radius 2 is 1.81 bits per heavy atom. The molecule has 1 fully saturated rings. The van der Waals surface area contributed by atoms with E-state index in [1.807, 2.05) is 0 Å². The van der Waals surface area contributed by atoms with E-state index in [2.05, 4.69) is 5.32 Å². The summed E-state index contributed by atoms with van der Waals surface area (Å²) >= 11 is 6.84. The number of halogens is 4. The van der Waals surface area contributed by atoms with Crippen molar-refractivity contribution < 1.29 is 18.0 Å². The summed E-state index contributed by atoms with van der Waals surface area (Å²) in [6.07, 6.45) is 1.99. The largest absolute Gasteiger partial charge is 0.322 e. The van der Waals surface area contributed by atoms with Gasteiger partial charge in [-0.15, -0.1) is 11.8 Å². The van der Waals surface area contributed by atoms with Crippen LogP contribution in [0.2, 0.25) is 5.02 Å². The monoisotopic (exact) mass is 399 g/mol. The standard InChI is InChI=1S/C19H17ClF3NOS/c20-13-10-12(6-8-14(13)21)24-19(25)11-5-7-16(23)18(9-11)26-17-4-2-1-3-15(17)22/h5-10,15,17H,1-4H2,(H,24,25). The number of carbonyl (C=O) groups is 1. The van der Waals surface area contributed by atoms with Crippen LogP contribution in [0.25, 0.3) is 0 Å². The van der Waals surface area contributed by atoms with Crippen LogP contribution < -0.4 is 5.32 Å². The maximum absolute atomic E-state index is 14.1. The highest BCUT2D eigenvalue weighted by atomic mass is 35.5. The van der Waals surface area contributed by atoms with Crippen LogP contribution in [0.3, 0.4) is 0 Å². The highest BCUT2D eigenvalue weighted by Crippen LogP contribution is 2.37. The van der Waals surface area contributed by atoms with Crippen molar-refractivity contribution in [2.24, 2.45) is 0 Å². The minimum absolute atomic E-state index is 0.107. The Hall–Kier alpha value is -1.66. The molecular formula is C19H17ClF3NOS. The number of carbonyl (C=O) groups excluding carboxylic acids is 1. The molecule has 0 heterocycles. The van der Waals surface area contributed by atoms with E-state index < -0.39 is 23.7 Å². The maximum atomic E-state index is 14.1. The molecule has 2 unspecified atom stereocenters. The van der Waals surface area contributed by atoms with Gasteiger partial charge < -0.3 is 5.32 Å². The summed E-state index contributed by atoms with van der Waals surface area (Å²) in [5, 5.41) is 2.18. The Kier molecular flexibility index (Phi) is 6.14. The number of thioether (sulfide) groups is 1. The van der Waals surface area contributed by atoms with Crippen LogP contribution in [0.1, 0.15) is 36.0 Å². The molecule has 1 N–H and O–H groups in total. The van der Waals surface area contributed by atoms with Crippen molar-refractivity contribution in [1.82, 2.24) is 0 Å². The van der Waals surface area contributed by atoms with Gasteiger partial charge in [-0.2, -0.15) is 0 Å². The van der Waals surface area contributed by atoms with E-state index >= 15 is 0 Å². The van der Waals surface area contributed by atoms with Crippen LogP contribution in [-0.4, -0.2) is 17.3 Å². The van der Waals surface area contributed by atoms with Crippen LogP contribution in [0.15, 0.2) is 41.3 Å². The smallest absolute Gasteiger partial charge is 0.255 e. The fraction of sp³-hybridized carbons (Fsp3) is 0.316. The molecule has 0 radical (unpaired) electrons. The lowest BCUT2D eigenvalue weighted by Gasteiger charge is -2.25. The Bertz CT molecular complexity index is 817. The molecule has 3 rings (SSSR count). The van der Waals surface area contributed by atoms with Gasteiger partial charge in [-0.25, -0.2) is 13.2 Å². The van der Waals surface area contributed by atoms with Crippen molar-refractivity contribution in [2.75, 3.05) is 5.32 Å². The zero-order chi connectivity index (χ0) is 18.7. The summed E-state index contributed by atoms with van der Waals surface area (Å²) in [6.45, 7) is 0. The second-order valence-corrected chi connectivity index (χ2v) is 7.87. The van der Waals surface area contributed by atoms with Crippen LogP contribution in [0, 0.1) is 11.6 Å². The molecule has 0 aliphatic heterocycles. The van der Waals surface area contributed by atoms with E-state index in [4.69, 9.17) is 11.6 Å². The molecule has 0 bridgehead atoms. The summed E-state index contributed by atoms with van der Waals surface area (Å²) in [5.41, 5.74) is 0.566. The minimum Gasteiger partial charge on any atom is -0.322 e. The summed E-state index contributed by atoms with van der Waals surface area (Å²) in [6, 6.07) is 7.80. The van der Waals surface area contributed by atoms with Crippen molar-refractivity contribution in [2.45, 2.75) is 42.0 Å². The van der Waals surface area contributed by atoms with Gasteiger partial charge in [0.05, 0.1) is 5.02 Å². The van der Waals surface area contributed by atoms with Gasteiger partial charge in [0.2, 0.25) is 0 Å². The van der Waals surface area contributed by atoms with E-state index in [1.165, 1.54) is 30.3 Å². The molecule has 2 nitrogen and oxygen atoms in total. The molecule has 7 heteroatoms. The Labute approximate surface area is 159 Å². The second-order valence-electron chi connectivity index (χ2n) is 6.18. The van der Waals surface area contributed by atoms with Gasteiger partial charge in [-0.1, -0.05) is 24.4 Å². The maximum Gasteiger partial charge on any atom is 0.255 e. The number of alkyl halides is 1. The summed E-state index contributed by atoms with van der Waals surface area (Å²) < 4.78 is 41.3. The number of amides is 1. The van der Waals surface area contributed by atoms with Gasteiger partial charge >= 0.3 is 0 Å². The van der Waals surface area contributed by atoms with E-state index in [1.54, 1.807) is 0 Å². The highest BCUT2D eigenvalue weighted by molar-refractivity contribution is 8.00. The van der Waals surface area contributed by atoms with Crippen molar-refractivity contribution in [3.8, 4) is 0 Å². The molecule has 0 spiro atoms. The van der Waals surface area contributed by atoms with Crippen molar-refractivity contribution in [1.29, 1.82) is 0 Å². The Morgan fingerprint density at radius 3 is 2.54 bits per heavy atom. The average Bonchev–Trinajstić information content (AvgIpc) is 2.62. The van der Waals surface area contributed by atoms with Crippen LogP contribution in [0.4, 0.5) is 18.9 Å². The lowest BCUT2D eigenvalue weighted by molar-refractivity contribution is 0.102. The zero-order valence-corrected chi connectivity index (χ0v) is 15.3. The molecule has 2 atom stereocenters. The molecule has 138 valence electrons. The predicted octanol–water partition coefficient (Wildman–Crippen LogP) is 6.24. The van der Waals surface area contributed by atoms with Gasteiger partial charge in [0.25, 0.3) is 5.91 Å². The third kappa shape index (κ3) is 4.54. The lowest BCUT2D eigenvalue weighted by atomic mass is 9.98. The fourth-order valence-corrected chi connectivity index (χ4v) is 4.31. The molecule has 0 saturated heterocycles. The molecule has 26 heavy (non-hydrogen) atoms. The topological polar surface area (TPSA) is 29.1 Å². The van der Waals surface area contributed by atoms with Gasteiger partial charge in [0.1, 0.15) is 17.8 Å². The third-order valence-corrected chi connectivity index (χ3v) is 5.96. The van der Waals surface area contributed by atoms with Crippen molar-refractivity contribution in [3.05, 3.63) is 58.6 Å². The summed E-state index contributed by atoms with van der Waals surface area (Å²) in [7, 11) is 0.